The maximum Gasteiger partial charge on any atom is 0.322 e. The van der Waals surface area contributed by atoms with E-state index >= 15 is 0 Å². The number of fused-ring (bicyclic) bond motifs is 1. The molecule has 0 atom stereocenters. The first-order chi connectivity index (χ1) is 12.5. The zero-order valence-corrected chi connectivity index (χ0v) is 14.2. The Hall–Kier alpha value is -3.41. The molecule has 0 radical (unpaired) electrons. The molecule has 26 heavy (non-hydrogen) atoms. The second-order valence-electron chi connectivity index (χ2n) is 6.01. The van der Waals surface area contributed by atoms with Gasteiger partial charge in [-0.3, -0.25) is 9.59 Å². The summed E-state index contributed by atoms with van der Waals surface area (Å²) < 4.78 is 0. The van der Waals surface area contributed by atoms with Gasteiger partial charge in [-0.25, -0.2) is 4.98 Å². The molecule has 0 aliphatic carbocycles. The van der Waals surface area contributed by atoms with Gasteiger partial charge in [-0.1, -0.05) is 42.5 Å². The highest BCUT2D eigenvalue weighted by atomic mass is 16.4. The van der Waals surface area contributed by atoms with Crippen molar-refractivity contribution in [1.29, 1.82) is 0 Å². The first-order valence-corrected chi connectivity index (χ1v) is 8.12. The largest absolute Gasteiger partial charge is 0.505 e. The van der Waals surface area contributed by atoms with E-state index in [-0.39, 0.29) is 11.4 Å². The van der Waals surface area contributed by atoms with Crippen LogP contribution in [0.15, 0.2) is 48.5 Å². The lowest BCUT2D eigenvalue weighted by molar-refractivity contribution is -0.135. The van der Waals surface area contributed by atoms with Crippen molar-refractivity contribution >= 4 is 22.6 Å². The van der Waals surface area contributed by atoms with Gasteiger partial charge in [0.15, 0.2) is 11.4 Å². The van der Waals surface area contributed by atoms with Crippen LogP contribution < -0.4 is 5.32 Å². The van der Waals surface area contributed by atoms with E-state index in [2.05, 4.69) is 10.3 Å². The number of carbonyl (C=O) groups excluding carboxylic acids is 1. The first-order valence-electron chi connectivity index (χ1n) is 8.12. The number of amides is 1. The van der Waals surface area contributed by atoms with E-state index in [1.807, 2.05) is 42.5 Å². The molecule has 0 aliphatic rings. The molecule has 1 aromatic heterocycles. The predicted octanol–water partition coefficient (Wildman–Crippen LogP) is 2.65. The van der Waals surface area contributed by atoms with E-state index in [1.54, 1.807) is 13.0 Å². The molecule has 0 bridgehead atoms. The standard InChI is InChI=1S/C20H18N2O4/c1-12-16-10-14(9-13-5-3-2-4-6-13)7-8-15(16)19(25)18(22-12)20(26)21-11-17(23)24/h2-8,10,25H,9,11H2,1H3,(H,21,26)(H,23,24). The Morgan fingerprint density at radius 2 is 1.77 bits per heavy atom. The van der Waals surface area contributed by atoms with E-state index in [0.29, 0.717) is 11.1 Å². The fourth-order valence-corrected chi connectivity index (χ4v) is 2.85. The second kappa shape index (κ2) is 7.23. The summed E-state index contributed by atoms with van der Waals surface area (Å²) in [6, 6.07) is 15.6. The van der Waals surface area contributed by atoms with Crippen LogP contribution in [0.25, 0.3) is 10.8 Å². The molecule has 6 nitrogen and oxygen atoms in total. The molecule has 3 aromatic rings. The lowest BCUT2D eigenvalue weighted by atomic mass is 9.99. The van der Waals surface area contributed by atoms with Crippen molar-refractivity contribution in [2.75, 3.05) is 6.54 Å². The highest BCUT2D eigenvalue weighted by Crippen LogP contribution is 2.30. The van der Waals surface area contributed by atoms with Crippen molar-refractivity contribution in [1.82, 2.24) is 10.3 Å². The number of rotatable bonds is 5. The lowest BCUT2D eigenvalue weighted by Crippen LogP contribution is -2.30. The van der Waals surface area contributed by atoms with Crippen LogP contribution in [0.1, 0.15) is 27.3 Å². The summed E-state index contributed by atoms with van der Waals surface area (Å²) in [6.07, 6.45) is 0.748. The van der Waals surface area contributed by atoms with E-state index in [1.165, 1.54) is 5.56 Å². The van der Waals surface area contributed by atoms with Crippen LogP contribution in [0.5, 0.6) is 5.75 Å². The molecule has 0 saturated heterocycles. The molecule has 0 aliphatic heterocycles. The SMILES string of the molecule is Cc1nc(C(=O)NCC(=O)O)c(O)c2ccc(Cc3ccccc3)cc12. The third-order valence-corrected chi connectivity index (χ3v) is 4.10. The van der Waals surface area contributed by atoms with Crippen molar-refractivity contribution in [2.45, 2.75) is 13.3 Å². The number of hydrogen-bond donors (Lipinski definition) is 3. The van der Waals surface area contributed by atoms with Crippen LogP contribution in [-0.2, 0) is 11.2 Å². The zero-order chi connectivity index (χ0) is 18.7. The summed E-state index contributed by atoms with van der Waals surface area (Å²) in [5, 5.41) is 22.6. The van der Waals surface area contributed by atoms with Gasteiger partial charge in [-0.2, -0.15) is 0 Å². The van der Waals surface area contributed by atoms with E-state index < -0.39 is 18.4 Å². The number of hydrogen-bond acceptors (Lipinski definition) is 4. The molecule has 0 saturated carbocycles. The zero-order valence-electron chi connectivity index (χ0n) is 14.2. The lowest BCUT2D eigenvalue weighted by Gasteiger charge is -2.11. The Labute approximate surface area is 150 Å². The molecule has 0 unspecified atom stereocenters. The minimum absolute atomic E-state index is 0.174. The van der Waals surface area contributed by atoms with E-state index in [0.717, 1.165) is 17.4 Å². The highest BCUT2D eigenvalue weighted by Gasteiger charge is 2.18. The molecular weight excluding hydrogens is 332 g/mol. The third-order valence-electron chi connectivity index (χ3n) is 4.10. The van der Waals surface area contributed by atoms with Gasteiger partial charge in [0.1, 0.15) is 6.54 Å². The number of carboxylic acids is 1. The predicted molar refractivity (Wildman–Crippen MR) is 97.4 cm³/mol. The van der Waals surface area contributed by atoms with Crippen molar-refractivity contribution in [2.24, 2.45) is 0 Å². The van der Waals surface area contributed by atoms with Crippen LogP contribution in [-0.4, -0.2) is 33.6 Å². The molecule has 2 aromatic carbocycles. The van der Waals surface area contributed by atoms with Gasteiger partial charge in [0.25, 0.3) is 5.91 Å². The summed E-state index contributed by atoms with van der Waals surface area (Å²) in [4.78, 5) is 26.8. The summed E-state index contributed by atoms with van der Waals surface area (Å²) in [6.45, 7) is 1.22. The maximum atomic E-state index is 12.1. The molecular formula is C20H18N2O4. The summed E-state index contributed by atoms with van der Waals surface area (Å²) in [5.41, 5.74) is 2.66. The molecule has 3 rings (SSSR count). The molecule has 6 heteroatoms. The quantitative estimate of drug-likeness (QED) is 0.657. The molecule has 0 spiro atoms. The van der Waals surface area contributed by atoms with Crippen LogP contribution in [0.3, 0.4) is 0 Å². The summed E-state index contributed by atoms with van der Waals surface area (Å²) in [5.74, 6) is -2.14. The topological polar surface area (TPSA) is 99.5 Å². The minimum atomic E-state index is -1.17. The summed E-state index contributed by atoms with van der Waals surface area (Å²) in [7, 11) is 0. The van der Waals surface area contributed by atoms with Crippen LogP contribution in [0.2, 0.25) is 0 Å². The van der Waals surface area contributed by atoms with E-state index in [9.17, 15) is 14.7 Å². The number of aryl methyl sites for hydroxylation is 1. The number of benzene rings is 2. The number of pyridine rings is 1. The van der Waals surface area contributed by atoms with Gasteiger partial charge in [-0.05, 0) is 30.5 Å². The number of carbonyl (C=O) groups is 2. The number of carboxylic acid groups (broad SMARTS) is 1. The number of aromatic nitrogens is 1. The van der Waals surface area contributed by atoms with E-state index in [4.69, 9.17) is 5.11 Å². The third kappa shape index (κ3) is 3.64. The normalized spacial score (nSPS) is 10.7. The molecule has 1 heterocycles. The van der Waals surface area contributed by atoms with Crippen molar-refractivity contribution in [3.8, 4) is 5.75 Å². The van der Waals surface area contributed by atoms with Crippen molar-refractivity contribution in [3.63, 3.8) is 0 Å². The Kier molecular flexibility index (Phi) is 4.84. The Morgan fingerprint density at radius 3 is 2.46 bits per heavy atom. The van der Waals surface area contributed by atoms with Crippen LogP contribution in [0, 0.1) is 6.92 Å². The molecule has 0 fully saturated rings. The Morgan fingerprint density at radius 1 is 1.04 bits per heavy atom. The average Bonchev–Trinajstić information content (AvgIpc) is 2.63. The monoisotopic (exact) mass is 350 g/mol. The maximum absolute atomic E-state index is 12.1. The van der Waals surface area contributed by atoms with Crippen molar-refractivity contribution in [3.05, 3.63) is 71.0 Å². The van der Waals surface area contributed by atoms with Crippen molar-refractivity contribution < 1.29 is 19.8 Å². The molecule has 132 valence electrons. The molecule has 3 N–H and O–H groups in total. The van der Waals surface area contributed by atoms with Gasteiger partial charge in [0, 0.05) is 16.5 Å². The minimum Gasteiger partial charge on any atom is -0.505 e. The van der Waals surface area contributed by atoms with Gasteiger partial charge in [-0.15, -0.1) is 0 Å². The number of nitrogens with zero attached hydrogens (tertiary/aromatic N) is 1. The van der Waals surface area contributed by atoms with Crippen LogP contribution in [0.4, 0.5) is 0 Å². The fourth-order valence-electron chi connectivity index (χ4n) is 2.85. The second-order valence-corrected chi connectivity index (χ2v) is 6.01. The van der Waals surface area contributed by atoms with Gasteiger partial charge < -0.3 is 15.5 Å². The van der Waals surface area contributed by atoms with Gasteiger partial charge >= 0.3 is 5.97 Å². The Bertz CT molecular complexity index is 984. The summed E-state index contributed by atoms with van der Waals surface area (Å²) >= 11 is 0. The number of nitrogens with one attached hydrogen (secondary N) is 1. The smallest absolute Gasteiger partial charge is 0.322 e. The van der Waals surface area contributed by atoms with Crippen LogP contribution >= 0.6 is 0 Å². The number of aliphatic carboxylic acids is 1. The highest BCUT2D eigenvalue weighted by molar-refractivity contribution is 6.03. The van der Waals surface area contributed by atoms with Gasteiger partial charge in [0.2, 0.25) is 0 Å². The fraction of sp³-hybridized carbons (Fsp3) is 0.150. The molecule has 1 amide bonds. The first kappa shape index (κ1) is 17.4. The Balaban J connectivity index is 1.96. The average molecular weight is 350 g/mol. The number of aromatic hydroxyl groups is 1. The van der Waals surface area contributed by atoms with Gasteiger partial charge in [0.05, 0.1) is 0 Å².